The molecule has 190 valence electrons. The Morgan fingerprint density at radius 2 is 1.81 bits per heavy atom. The third-order valence-electron chi connectivity index (χ3n) is 5.64. The van der Waals surface area contributed by atoms with E-state index in [0.29, 0.717) is 34.4 Å². The summed E-state index contributed by atoms with van der Waals surface area (Å²) in [6.45, 7) is 3.45. The molecule has 0 spiro atoms. The number of pyridine rings is 1. The molecule has 0 aliphatic heterocycles. The molecule has 0 aliphatic rings. The first-order chi connectivity index (χ1) is 17.7. The van der Waals surface area contributed by atoms with Crippen LogP contribution in [0.25, 0.3) is 11.3 Å². The first-order valence-electron chi connectivity index (χ1n) is 11.4. The van der Waals surface area contributed by atoms with Crippen molar-refractivity contribution in [2.75, 3.05) is 12.4 Å². The predicted molar refractivity (Wildman–Crippen MR) is 133 cm³/mol. The Kier molecular flexibility index (Phi) is 7.37. The van der Waals surface area contributed by atoms with Crippen molar-refractivity contribution in [1.82, 2.24) is 20.3 Å². The molecular weight excluding hydrogens is 483 g/mol. The van der Waals surface area contributed by atoms with Crippen molar-refractivity contribution in [3.05, 3.63) is 95.3 Å². The molecule has 0 fully saturated rings. The molecule has 2 aromatic heterocycles. The van der Waals surface area contributed by atoms with Gasteiger partial charge in [-0.3, -0.25) is 4.79 Å². The first-order valence-corrected chi connectivity index (χ1v) is 11.4. The number of halogens is 3. The van der Waals surface area contributed by atoms with Crippen LogP contribution in [0.4, 0.5) is 19.1 Å². The van der Waals surface area contributed by atoms with Crippen LogP contribution in [0.1, 0.15) is 40.0 Å². The van der Waals surface area contributed by atoms with Gasteiger partial charge in [0.25, 0.3) is 5.91 Å². The third kappa shape index (κ3) is 6.03. The van der Waals surface area contributed by atoms with Crippen LogP contribution in [0.15, 0.2) is 73.1 Å². The Labute approximate surface area is 211 Å². The number of hydrogen-bond donors (Lipinski definition) is 2. The maximum Gasteiger partial charge on any atom is 0.416 e. The molecule has 0 saturated heterocycles. The van der Waals surface area contributed by atoms with Gasteiger partial charge in [-0.05, 0) is 67.4 Å². The number of carbonyl (C=O) groups is 1. The largest absolute Gasteiger partial charge is 0.438 e. The molecule has 0 bridgehead atoms. The van der Waals surface area contributed by atoms with Crippen molar-refractivity contribution in [2.45, 2.75) is 26.1 Å². The SMILES string of the molecule is CNc1nccc(-c2cccnc2Oc2cc(C(=O)NC(C)c3cccc(C(F)(F)F)c3)ccc2C)n1. The van der Waals surface area contributed by atoms with Crippen molar-refractivity contribution in [3.63, 3.8) is 0 Å². The highest BCUT2D eigenvalue weighted by Crippen LogP contribution is 2.33. The monoisotopic (exact) mass is 507 g/mol. The minimum Gasteiger partial charge on any atom is -0.438 e. The number of rotatable bonds is 7. The van der Waals surface area contributed by atoms with Gasteiger partial charge in [0.1, 0.15) is 5.75 Å². The highest BCUT2D eigenvalue weighted by Gasteiger charge is 2.30. The Balaban J connectivity index is 1.56. The zero-order valence-corrected chi connectivity index (χ0v) is 20.3. The van der Waals surface area contributed by atoms with Gasteiger partial charge in [-0.1, -0.05) is 18.2 Å². The van der Waals surface area contributed by atoms with E-state index in [4.69, 9.17) is 4.74 Å². The molecule has 0 saturated carbocycles. The van der Waals surface area contributed by atoms with E-state index in [-0.39, 0.29) is 5.56 Å². The number of benzene rings is 2. The van der Waals surface area contributed by atoms with Gasteiger partial charge in [-0.2, -0.15) is 13.2 Å². The molecule has 1 amide bonds. The molecule has 1 unspecified atom stereocenters. The number of nitrogens with zero attached hydrogens (tertiary/aromatic N) is 3. The van der Waals surface area contributed by atoms with Crippen molar-refractivity contribution in [3.8, 4) is 22.9 Å². The van der Waals surface area contributed by atoms with E-state index in [2.05, 4.69) is 25.6 Å². The molecule has 4 aromatic rings. The van der Waals surface area contributed by atoms with Crippen LogP contribution in [-0.4, -0.2) is 27.9 Å². The second-order valence-corrected chi connectivity index (χ2v) is 8.27. The summed E-state index contributed by atoms with van der Waals surface area (Å²) in [5.41, 5.74) is 1.86. The zero-order chi connectivity index (χ0) is 26.6. The van der Waals surface area contributed by atoms with Crippen LogP contribution in [-0.2, 0) is 6.18 Å². The Morgan fingerprint density at radius 1 is 1.00 bits per heavy atom. The Morgan fingerprint density at radius 3 is 2.57 bits per heavy atom. The molecule has 1 atom stereocenters. The second-order valence-electron chi connectivity index (χ2n) is 8.27. The van der Waals surface area contributed by atoms with Gasteiger partial charge < -0.3 is 15.4 Å². The summed E-state index contributed by atoms with van der Waals surface area (Å²) in [7, 11) is 1.72. The van der Waals surface area contributed by atoms with Crippen molar-refractivity contribution < 1.29 is 22.7 Å². The minimum atomic E-state index is -4.46. The average Bonchev–Trinajstić information content (AvgIpc) is 2.89. The lowest BCUT2D eigenvalue weighted by atomic mass is 10.0. The van der Waals surface area contributed by atoms with Gasteiger partial charge in [-0.15, -0.1) is 0 Å². The van der Waals surface area contributed by atoms with Crippen molar-refractivity contribution in [1.29, 1.82) is 0 Å². The number of alkyl halides is 3. The predicted octanol–water partition coefficient (Wildman–Crippen LogP) is 6.19. The van der Waals surface area contributed by atoms with Crippen LogP contribution < -0.4 is 15.4 Å². The zero-order valence-electron chi connectivity index (χ0n) is 20.3. The quantitative estimate of drug-likeness (QED) is 0.310. The summed E-state index contributed by atoms with van der Waals surface area (Å²) in [4.78, 5) is 25.9. The summed E-state index contributed by atoms with van der Waals surface area (Å²) >= 11 is 0. The summed E-state index contributed by atoms with van der Waals surface area (Å²) in [5.74, 6) is 0.686. The first kappa shape index (κ1) is 25.6. The topological polar surface area (TPSA) is 89.0 Å². The van der Waals surface area contributed by atoms with E-state index < -0.39 is 23.7 Å². The van der Waals surface area contributed by atoms with E-state index >= 15 is 0 Å². The van der Waals surface area contributed by atoms with Gasteiger partial charge in [0.15, 0.2) is 0 Å². The number of hydrogen-bond acceptors (Lipinski definition) is 6. The molecule has 2 heterocycles. The van der Waals surface area contributed by atoms with Crippen LogP contribution in [0.5, 0.6) is 11.6 Å². The molecule has 7 nitrogen and oxygen atoms in total. The number of aromatic nitrogens is 3. The lowest BCUT2D eigenvalue weighted by Gasteiger charge is -2.17. The van der Waals surface area contributed by atoms with Crippen LogP contribution in [0.2, 0.25) is 0 Å². The van der Waals surface area contributed by atoms with Crippen LogP contribution >= 0.6 is 0 Å². The van der Waals surface area contributed by atoms with Crippen LogP contribution in [0, 0.1) is 6.92 Å². The van der Waals surface area contributed by atoms with E-state index in [0.717, 1.165) is 17.7 Å². The molecule has 2 N–H and O–H groups in total. The second kappa shape index (κ2) is 10.7. The summed E-state index contributed by atoms with van der Waals surface area (Å²) < 4.78 is 45.3. The van der Waals surface area contributed by atoms with E-state index in [9.17, 15) is 18.0 Å². The minimum absolute atomic E-state index is 0.288. The van der Waals surface area contributed by atoms with Crippen molar-refractivity contribution in [2.24, 2.45) is 0 Å². The maximum absolute atomic E-state index is 13.1. The van der Waals surface area contributed by atoms with E-state index in [1.54, 1.807) is 62.8 Å². The number of aryl methyl sites for hydroxylation is 1. The highest BCUT2D eigenvalue weighted by atomic mass is 19.4. The molecule has 37 heavy (non-hydrogen) atoms. The number of anilines is 1. The molecule has 10 heteroatoms. The normalized spacial score (nSPS) is 12.1. The summed E-state index contributed by atoms with van der Waals surface area (Å²) in [5, 5.41) is 5.64. The highest BCUT2D eigenvalue weighted by molar-refractivity contribution is 5.95. The lowest BCUT2D eigenvalue weighted by Crippen LogP contribution is -2.27. The number of carbonyl (C=O) groups excluding carboxylic acids is 1. The fourth-order valence-electron chi connectivity index (χ4n) is 3.60. The number of amides is 1. The Bertz CT molecular complexity index is 1430. The average molecular weight is 508 g/mol. The van der Waals surface area contributed by atoms with E-state index in [1.807, 2.05) is 13.0 Å². The van der Waals surface area contributed by atoms with Gasteiger partial charge in [-0.25, -0.2) is 15.0 Å². The molecule has 0 aliphatic carbocycles. The molecule has 4 rings (SSSR count). The fourth-order valence-corrected chi connectivity index (χ4v) is 3.60. The third-order valence-corrected chi connectivity index (χ3v) is 5.64. The standard InChI is InChI=1S/C27H24F3N5O2/c1-16-9-10-19(24(36)34-17(2)18-6-4-7-20(14-18)27(28,29)30)15-23(16)37-25-21(8-5-12-32-25)22-11-13-33-26(31-3)35-22/h4-15,17H,1-3H3,(H,34,36)(H,31,33,35). The van der Waals surface area contributed by atoms with Gasteiger partial charge in [0.05, 0.1) is 22.9 Å². The fraction of sp³-hybridized carbons (Fsp3) is 0.185. The summed E-state index contributed by atoms with van der Waals surface area (Å²) in [6, 6.07) is 14.5. The summed E-state index contributed by atoms with van der Waals surface area (Å²) in [6.07, 6.45) is -1.26. The molecular formula is C27H24F3N5O2. The molecule has 2 aromatic carbocycles. The lowest BCUT2D eigenvalue weighted by molar-refractivity contribution is -0.137. The number of nitrogens with one attached hydrogen (secondary N) is 2. The smallest absolute Gasteiger partial charge is 0.416 e. The van der Waals surface area contributed by atoms with Crippen LogP contribution in [0.3, 0.4) is 0 Å². The Hall–Kier alpha value is -4.47. The van der Waals surface area contributed by atoms with Gasteiger partial charge >= 0.3 is 6.18 Å². The van der Waals surface area contributed by atoms with Gasteiger partial charge in [0, 0.05) is 25.0 Å². The van der Waals surface area contributed by atoms with Crippen molar-refractivity contribution >= 4 is 11.9 Å². The maximum atomic E-state index is 13.1. The van der Waals surface area contributed by atoms with E-state index in [1.165, 1.54) is 6.07 Å². The molecule has 0 radical (unpaired) electrons. The number of ether oxygens (including phenoxy) is 1. The van der Waals surface area contributed by atoms with Gasteiger partial charge in [0.2, 0.25) is 11.8 Å².